The first-order valence-corrected chi connectivity index (χ1v) is 9.37. The highest BCUT2D eigenvalue weighted by Gasteiger charge is 2.19. The second-order valence-corrected chi connectivity index (χ2v) is 7.20. The Balaban J connectivity index is 1.53. The molecular formula is C22H30N2O. The second-order valence-electron chi connectivity index (χ2n) is 7.20. The van der Waals surface area contributed by atoms with Crippen molar-refractivity contribution < 1.29 is 4.74 Å². The highest BCUT2D eigenvalue weighted by atomic mass is 16.5. The molecule has 1 N–H and O–H groups in total. The zero-order valence-electron chi connectivity index (χ0n) is 15.7. The number of nitrogens with one attached hydrogen (secondary N) is 1. The molecule has 0 radical (unpaired) electrons. The first-order chi connectivity index (χ1) is 12.2. The zero-order valence-corrected chi connectivity index (χ0v) is 15.7. The molecule has 0 amide bonds. The molecule has 0 aromatic heterocycles. The van der Waals surface area contributed by atoms with Gasteiger partial charge in [-0.1, -0.05) is 44.2 Å². The molecule has 0 spiro atoms. The van der Waals surface area contributed by atoms with Gasteiger partial charge in [0.1, 0.15) is 5.75 Å². The zero-order chi connectivity index (χ0) is 17.6. The molecule has 1 aliphatic rings. The van der Waals surface area contributed by atoms with Crippen LogP contribution in [0.1, 0.15) is 43.7 Å². The third kappa shape index (κ3) is 4.55. The number of methoxy groups -OCH3 is 1. The van der Waals surface area contributed by atoms with Crippen LogP contribution in [0.4, 0.5) is 5.69 Å². The van der Waals surface area contributed by atoms with Crippen LogP contribution in [0.2, 0.25) is 0 Å². The van der Waals surface area contributed by atoms with Gasteiger partial charge in [0.05, 0.1) is 7.11 Å². The summed E-state index contributed by atoms with van der Waals surface area (Å²) < 4.78 is 5.60. The summed E-state index contributed by atoms with van der Waals surface area (Å²) in [6, 6.07) is 17.9. The van der Waals surface area contributed by atoms with Crippen molar-refractivity contribution in [1.82, 2.24) is 5.32 Å². The lowest BCUT2D eigenvalue weighted by atomic mass is 10.00. The van der Waals surface area contributed by atoms with E-state index in [4.69, 9.17) is 4.74 Å². The maximum atomic E-state index is 5.60. The van der Waals surface area contributed by atoms with Crippen LogP contribution in [0.15, 0.2) is 48.5 Å². The summed E-state index contributed by atoms with van der Waals surface area (Å²) in [4.78, 5) is 2.48. The fourth-order valence-corrected chi connectivity index (χ4v) is 3.50. The summed E-state index contributed by atoms with van der Waals surface area (Å²) in [5.74, 6) is 1.53. The van der Waals surface area contributed by atoms with E-state index in [-0.39, 0.29) is 0 Å². The molecule has 0 atom stereocenters. The SMILES string of the molecule is COc1cc(C(C)C)ccc1CNC1CCN(c2ccccc2)CC1. The van der Waals surface area contributed by atoms with E-state index in [1.165, 1.54) is 29.7 Å². The predicted molar refractivity (Wildman–Crippen MR) is 106 cm³/mol. The molecule has 1 aliphatic heterocycles. The van der Waals surface area contributed by atoms with E-state index in [0.717, 1.165) is 25.4 Å². The van der Waals surface area contributed by atoms with Crippen LogP contribution in [-0.4, -0.2) is 26.2 Å². The largest absolute Gasteiger partial charge is 0.496 e. The van der Waals surface area contributed by atoms with Crippen molar-refractivity contribution in [3.05, 3.63) is 59.7 Å². The number of nitrogens with zero attached hydrogens (tertiary/aromatic N) is 1. The standard InChI is InChI=1S/C22H30N2O/c1-17(2)18-9-10-19(22(15-18)25-3)16-23-20-11-13-24(14-12-20)21-7-5-4-6-8-21/h4-10,15,17,20,23H,11-14,16H2,1-3H3. The Labute approximate surface area is 152 Å². The molecule has 3 heteroatoms. The van der Waals surface area contributed by atoms with Gasteiger partial charge in [0.25, 0.3) is 0 Å². The molecule has 25 heavy (non-hydrogen) atoms. The summed E-state index contributed by atoms with van der Waals surface area (Å²) in [6.07, 6.45) is 2.36. The Morgan fingerprint density at radius 3 is 2.44 bits per heavy atom. The van der Waals surface area contributed by atoms with Gasteiger partial charge in [-0.3, -0.25) is 0 Å². The number of anilines is 1. The first-order valence-electron chi connectivity index (χ1n) is 9.37. The predicted octanol–water partition coefficient (Wildman–Crippen LogP) is 4.58. The second kappa shape index (κ2) is 8.39. The fraction of sp³-hybridized carbons (Fsp3) is 0.455. The minimum absolute atomic E-state index is 0.526. The van der Waals surface area contributed by atoms with Crippen molar-refractivity contribution >= 4 is 5.69 Å². The fourth-order valence-electron chi connectivity index (χ4n) is 3.50. The van der Waals surface area contributed by atoms with E-state index in [1.807, 2.05) is 0 Å². The van der Waals surface area contributed by atoms with Gasteiger partial charge < -0.3 is 15.0 Å². The smallest absolute Gasteiger partial charge is 0.123 e. The van der Waals surface area contributed by atoms with Crippen LogP contribution in [0.5, 0.6) is 5.75 Å². The molecule has 0 saturated carbocycles. The molecule has 134 valence electrons. The van der Waals surface area contributed by atoms with Crippen molar-refractivity contribution in [2.75, 3.05) is 25.1 Å². The topological polar surface area (TPSA) is 24.5 Å². The summed E-state index contributed by atoms with van der Waals surface area (Å²) in [7, 11) is 1.77. The van der Waals surface area contributed by atoms with Crippen LogP contribution in [0.3, 0.4) is 0 Å². The van der Waals surface area contributed by atoms with Gasteiger partial charge in [0, 0.05) is 36.9 Å². The lowest BCUT2D eigenvalue weighted by Crippen LogP contribution is -2.42. The van der Waals surface area contributed by atoms with E-state index < -0.39 is 0 Å². The van der Waals surface area contributed by atoms with Gasteiger partial charge in [-0.05, 0) is 42.5 Å². The molecule has 1 saturated heterocycles. The number of para-hydroxylation sites is 1. The van der Waals surface area contributed by atoms with Crippen LogP contribution in [-0.2, 0) is 6.54 Å². The number of ether oxygens (including phenoxy) is 1. The van der Waals surface area contributed by atoms with Crippen molar-refractivity contribution in [2.45, 2.75) is 45.2 Å². The number of benzene rings is 2. The molecular weight excluding hydrogens is 308 g/mol. The van der Waals surface area contributed by atoms with Gasteiger partial charge in [-0.15, -0.1) is 0 Å². The Bertz CT molecular complexity index is 661. The number of hydrogen-bond donors (Lipinski definition) is 1. The maximum absolute atomic E-state index is 5.60. The Morgan fingerprint density at radius 1 is 1.08 bits per heavy atom. The Hall–Kier alpha value is -2.00. The first kappa shape index (κ1) is 17.8. The summed E-state index contributed by atoms with van der Waals surface area (Å²) in [5, 5.41) is 3.73. The van der Waals surface area contributed by atoms with Crippen molar-refractivity contribution in [2.24, 2.45) is 0 Å². The molecule has 3 rings (SSSR count). The van der Waals surface area contributed by atoms with Crippen LogP contribution >= 0.6 is 0 Å². The monoisotopic (exact) mass is 338 g/mol. The minimum atomic E-state index is 0.526. The van der Waals surface area contributed by atoms with Gasteiger partial charge >= 0.3 is 0 Å². The average Bonchev–Trinajstić information content (AvgIpc) is 2.67. The third-order valence-corrected chi connectivity index (χ3v) is 5.18. The maximum Gasteiger partial charge on any atom is 0.123 e. The molecule has 2 aromatic carbocycles. The van der Waals surface area contributed by atoms with Gasteiger partial charge in [-0.25, -0.2) is 0 Å². The molecule has 0 bridgehead atoms. The van der Waals surface area contributed by atoms with Crippen LogP contribution in [0.25, 0.3) is 0 Å². The highest BCUT2D eigenvalue weighted by Crippen LogP contribution is 2.25. The molecule has 0 unspecified atom stereocenters. The lowest BCUT2D eigenvalue weighted by Gasteiger charge is -2.34. The van der Waals surface area contributed by atoms with E-state index in [0.29, 0.717) is 12.0 Å². The van der Waals surface area contributed by atoms with E-state index in [9.17, 15) is 0 Å². The van der Waals surface area contributed by atoms with Gasteiger partial charge in [0.15, 0.2) is 0 Å². The minimum Gasteiger partial charge on any atom is -0.496 e. The molecule has 3 nitrogen and oxygen atoms in total. The third-order valence-electron chi connectivity index (χ3n) is 5.18. The molecule has 1 fully saturated rings. The number of hydrogen-bond acceptors (Lipinski definition) is 3. The summed E-state index contributed by atoms with van der Waals surface area (Å²) >= 11 is 0. The van der Waals surface area contributed by atoms with Crippen molar-refractivity contribution in [3.8, 4) is 5.75 Å². The van der Waals surface area contributed by atoms with Crippen molar-refractivity contribution in [3.63, 3.8) is 0 Å². The van der Waals surface area contributed by atoms with E-state index >= 15 is 0 Å². The number of rotatable bonds is 6. The quantitative estimate of drug-likeness (QED) is 0.834. The summed E-state index contributed by atoms with van der Waals surface area (Å²) in [6.45, 7) is 7.54. The van der Waals surface area contributed by atoms with Gasteiger partial charge in [0.2, 0.25) is 0 Å². The van der Waals surface area contributed by atoms with Crippen molar-refractivity contribution in [1.29, 1.82) is 0 Å². The molecule has 2 aromatic rings. The number of piperidine rings is 1. The summed E-state index contributed by atoms with van der Waals surface area (Å²) in [5.41, 5.74) is 3.92. The lowest BCUT2D eigenvalue weighted by molar-refractivity contribution is 0.391. The highest BCUT2D eigenvalue weighted by molar-refractivity contribution is 5.46. The van der Waals surface area contributed by atoms with Crippen LogP contribution < -0.4 is 15.0 Å². The van der Waals surface area contributed by atoms with E-state index in [1.54, 1.807) is 7.11 Å². The van der Waals surface area contributed by atoms with Gasteiger partial charge in [-0.2, -0.15) is 0 Å². The average molecular weight is 338 g/mol. The normalized spacial score (nSPS) is 15.6. The van der Waals surface area contributed by atoms with E-state index in [2.05, 4.69) is 72.6 Å². The molecule has 0 aliphatic carbocycles. The molecule has 1 heterocycles. The van der Waals surface area contributed by atoms with Crippen LogP contribution in [0, 0.1) is 0 Å². The Kier molecular flexibility index (Phi) is 5.98. The Morgan fingerprint density at radius 2 is 1.80 bits per heavy atom.